The Labute approximate surface area is 88.5 Å². The SMILES string of the molecule is Cc1cccc(C(F)(F)C2CCCN2)c1. The average Bonchev–Trinajstić information content (AvgIpc) is 2.71. The molecule has 0 saturated carbocycles. The summed E-state index contributed by atoms with van der Waals surface area (Å²) in [4.78, 5) is 0. The number of hydrogen-bond acceptors (Lipinski definition) is 1. The summed E-state index contributed by atoms with van der Waals surface area (Å²) in [7, 11) is 0. The fourth-order valence-corrected chi connectivity index (χ4v) is 2.05. The van der Waals surface area contributed by atoms with Gasteiger partial charge in [-0.3, -0.25) is 0 Å². The zero-order chi connectivity index (χ0) is 10.9. The maximum Gasteiger partial charge on any atom is 0.288 e. The Hall–Kier alpha value is -0.960. The summed E-state index contributed by atoms with van der Waals surface area (Å²) in [6, 6.07) is 5.90. The highest BCUT2D eigenvalue weighted by atomic mass is 19.3. The number of hydrogen-bond donors (Lipinski definition) is 1. The first-order valence-corrected chi connectivity index (χ1v) is 5.29. The highest BCUT2D eigenvalue weighted by molar-refractivity contribution is 5.27. The van der Waals surface area contributed by atoms with E-state index < -0.39 is 12.0 Å². The minimum absolute atomic E-state index is 0.127. The van der Waals surface area contributed by atoms with E-state index in [1.54, 1.807) is 12.1 Å². The first-order chi connectivity index (χ1) is 7.10. The summed E-state index contributed by atoms with van der Waals surface area (Å²) >= 11 is 0. The Balaban J connectivity index is 2.27. The van der Waals surface area contributed by atoms with Crippen molar-refractivity contribution in [1.29, 1.82) is 0 Å². The van der Waals surface area contributed by atoms with Crippen LogP contribution in [-0.2, 0) is 5.92 Å². The van der Waals surface area contributed by atoms with E-state index >= 15 is 0 Å². The molecule has 0 spiro atoms. The minimum Gasteiger partial charge on any atom is -0.308 e. The Morgan fingerprint density at radius 1 is 1.40 bits per heavy atom. The lowest BCUT2D eigenvalue weighted by atomic mass is 9.98. The van der Waals surface area contributed by atoms with Crippen molar-refractivity contribution < 1.29 is 8.78 Å². The molecule has 1 aromatic rings. The number of halogens is 2. The van der Waals surface area contributed by atoms with E-state index in [0.29, 0.717) is 13.0 Å². The molecule has 1 atom stereocenters. The van der Waals surface area contributed by atoms with Gasteiger partial charge in [-0.25, -0.2) is 0 Å². The molecule has 0 bridgehead atoms. The van der Waals surface area contributed by atoms with Gasteiger partial charge in [-0.2, -0.15) is 8.78 Å². The van der Waals surface area contributed by atoms with Crippen LogP contribution in [0.3, 0.4) is 0 Å². The van der Waals surface area contributed by atoms with Crippen molar-refractivity contribution in [3.8, 4) is 0 Å². The molecule has 1 heterocycles. The first-order valence-electron chi connectivity index (χ1n) is 5.29. The fraction of sp³-hybridized carbons (Fsp3) is 0.500. The third-order valence-electron chi connectivity index (χ3n) is 2.90. The van der Waals surface area contributed by atoms with E-state index in [2.05, 4.69) is 5.32 Å². The molecule has 1 saturated heterocycles. The Kier molecular flexibility index (Phi) is 2.74. The fourth-order valence-electron chi connectivity index (χ4n) is 2.05. The van der Waals surface area contributed by atoms with Crippen LogP contribution in [0.5, 0.6) is 0 Å². The normalized spacial score (nSPS) is 21.9. The van der Waals surface area contributed by atoms with Crippen molar-refractivity contribution in [3.63, 3.8) is 0 Å². The van der Waals surface area contributed by atoms with Crippen LogP contribution >= 0.6 is 0 Å². The summed E-state index contributed by atoms with van der Waals surface area (Å²) in [6.45, 7) is 2.54. The van der Waals surface area contributed by atoms with Crippen LogP contribution in [0, 0.1) is 6.92 Å². The van der Waals surface area contributed by atoms with E-state index in [1.165, 1.54) is 6.07 Å². The van der Waals surface area contributed by atoms with E-state index in [0.717, 1.165) is 12.0 Å². The number of alkyl halides is 2. The summed E-state index contributed by atoms with van der Waals surface area (Å²) in [5.41, 5.74) is 1.01. The maximum atomic E-state index is 14.0. The quantitative estimate of drug-likeness (QED) is 0.793. The van der Waals surface area contributed by atoms with Gasteiger partial charge in [0.25, 0.3) is 5.92 Å². The number of nitrogens with one attached hydrogen (secondary N) is 1. The van der Waals surface area contributed by atoms with Gasteiger partial charge in [0, 0.05) is 5.56 Å². The van der Waals surface area contributed by atoms with E-state index in [9.17, 15) is 8.78 Å². The predicted molar refractivity (Wildman–Crippen MR) is 56.1 cm³/mol. The van der Waals surface area contributed by atoms with Crippen molar-refractivity contribution in [3.05, 3.63) is 35.4 Å². The number of benzene rings is 1. The average molecular weight is 211 g/mol. The van der Waals surface area contributed by atoms with Crippen LogP contribution in [0.4, 0.5) is 8.78 Å². The summed E-state index contributed by atoms with van der Waals surface area (Å²) in [5.74, 6) is -2.75. The third-order valence-corrected chi connectivity index (χ3v) is 2.90. The second-order valence-corrected chi connectivity index (χ2v) is 4.14. The standard InChI is InChI=1S/C12H15F2N/c1-9-4-2-5-10(8-9)12(13,14)11-6-3-7-15-11/h2,4-5,8,11,15H,3,6-7H2,1H3. The van der Waals surface area contributed by atoms with Crippen LogP contribution in [0.1, 0.15) is 24.0 Å². The second kappa shape index (κ2) is 3.89. The zero-order valence-corrected chi connectivity index (χ0v) is 8.76. The first kappa shape index (κ1) is 10.6. The molecule has 0 amide bonds. The van der Waals surface area contributed by atoms with Gasteiger partial charge in [0.2, 0.25) is 0 Å². The summed E-state index contributed by atoms with van der Waals surface area (Å²) in [6.07, 6.45) is 1.40. The predicted octanol–water partition coefficient (Wildman–Crippen LogP) is 2.84. The van der Waals surface area contributed by atoms with Gasteiger partial charge in [0.05, 0.1) is 6.04 Å². The van der Waals surface area contributed by atoms with Crippen LogP contribution < -0.4 is 5.32 Å². The molecule has 1 fully saturated rings. The van der Waals surface area contributed by atoms with Crippen molar-refractivity contribution in [2.75, 3.05) is 6.54 Å². The van der Waals surface area contributed by atoms with Crippen LogP contribution in [0.15, 0.2) is 24.3 Å². The lowest BCUT2D eigenvalue weighted by Gasteiger charge is -2.24. The van der Waals surface area contributed by atoms with Crippen molar-refractivity contribution >= 4 is 0 Å². The molecule has 3 heteroatoms. The summed E-state index contributed by atoms with van der Waals surface area (Å²) in [5, 5.41) is 2.86. The molecular weight excluding hydrogens is 196 g/mol. The monoisotopic (exact) mass is 211 g/mol. The van der Waals surface area contributed by atoms with E-state index in [-0.39, 0.29) is 5.56 Å². The topological polar surface area (TPSA) is 12.0 Å². The molecule has 1 nitrogen and oxygen atoms in total. The van der Waals surface area contributed by atoms with Crippen molar-refractivity contribution in [2.45, 2.75) is 31.7 Å². The van der Waals surface area contributed by atoms with Gasteiger partial charge in [-0.05, 0) is 26.3 Å². The molecule has 15 heavy (non-hydrogen) atoms. The molecule has 1 unspecified atom stereocenters. The molecule has 0 aromatic heterocycles. The molecule has 1 aliphatic rings. The Morgan fingerprint density at radius 3 is 2.80 bits per heavy atom. The molecule has 0 radical (unpaired) electrons. The highest BCUT2D eigenvalue weighted by Gasteiger charge is 2.42. The molecule has 0 aliphatic carbocycles. The molecule has 1 aliphatic heterocycles. The van der Waals surface area contributed by atoms with Gasteiger partial charge >= 0.3 is 0 Å². The van der Waals surface area contributed by atoms with Crippen molar-refractivity contribution in [2.24, 2.45) is 0 Å². The van der Waals surface area contributed by atoms with Gasteiger partial charge in [0.15, 0.2) is 0 Å². The molecule has 82 valence electrons. The largest absolute Gasteiger partial charge is 0.308 e. The molecule has 2 rings (SSSR count). The van der Waals surface area contributed by atoms with Gasteiger partial charge in [-0.15, -0.1) is 0 Å². The van der Waals surface area contributed by atoms with Gasteiger partial charge < -0.3 is 5.32 Å². The lowest BCUT2D eigenvalue weighted by molar-refractivity contribution is -0.0376. The van der Waals surface area contributed by atoms with Gasteiger partial charge in [0.1, 0.15) is 0 Å². The highest BCUT2D eigenvalue weighted by Crippen LogP contribution is 2.35. The van der Waals surface area contributed by atoms with Crippen LogP contribution in [0.2, 0.25) is 0 Å². The lowest BCUT2D eigenvalue weighted by Crippen LogP contribution is -2.38. The van der Waals surface area contributed by atoms with Crippen LogP contribution in [0.25, 0.3) is 0 Å². The van der Waals surface area contributed by atoms with E-state index in [1.807, 2.05) is 13.0 Å². The molecule has 1 N–H and O–H groups in total. The Bertz CT molecular complexity index is 343. The zero-order valence-electron chi connectivity index (χ0n) is 8.76. The maximum absolute atomic E-state index is 14.0. The number of rotatable bonds is 2. The van der Waals surface area contributed by atoms with Crippen molar-refractivity contribution in [1.82, 2.24) is 5.32 Å². The smallest absolute Gasteiger partial charge is 0.288 e. The third kappa shape index (κ3) is 2.02. The van der Waals surface area contributed by atoms with E-state index in [4.69, 9.17) is 0 Å². The molecule has 1 aromatic carbocycles. The van der Waals surface area contributed by atoms with Crippen LogP contribution in [-0.4, -0.2) is 12.6 Å². The molecular formula is C12H15F2N. The number of aryl methyl sites for hydroxylation is 1. The van der Waals surface area contributed by atoms with Gasteiger partial charge in [-0.1, -0.05) is 29.8 Å². The Morgan fingerprint density at radius 2 is 2.20 bits per heavy atom. The minimum atomic E-state index is -2.75. The summed E-state index contributed by atoms with van der Waals surface area (Å²) < 4.78 is 28.0. The second-order valence-electron chi connectivity index (χ2n) is 4.14.